The van der Waals surface area contributed by atoms with Gasteiger partial charge in [-0.05, 0) is 43.0 Å². The molecule has 0 fully saturated rings. The molecule has 0 aromatic heterocycles. The van der Waals surface area contributed by atoms with Gasteiger partial charge in [-0.3, -0.25) is 0 Å². The third-order valence-corrected chi connectivity index (χ3v) is 3.18. The van der Waals surface area contributed by atoms with Crippen LogP contribution in [0, 0.1) is 0 Å². The molecule has 0 aliphatic heterocycles. The second kappa shape index (κ2) is 7.05. The number of hydrogen-bond donors (Lipinski definition) is 1. The molecular weight excluding hydrogens is 244 g/mol. The van der Waals surface area contributed by atoms with Crippen LogP contribution >= 0.6 is 23.4 Å². The van der Waals surface area contributed by atoms with Crippen molar-refractivity contribution in [3.05, 3.63) is 28.8 Å². The Morgan fingerprint density at radius 3 is 2.81 bits per heavy atom. The Kier molecular flexibility index (Phi) is 6.03. The van der Waals surface area contributed by atoms with Crippen LogP contribution < -0.4 is 4.74 Å². The number of halogens is 1. The van der Waals surface area contributed by atoms with Gasteiger partial charge in [0.25, 0.3) is 0 Å². The van der Waals surface area contributed by atoms with E-state index in [-0.39, 0.29) is 0 Å². The van der Waals surface area contributed by atoms with Gasteiger partial charge in [0.05, 0.1) is 17.7 Å². The average Bonchev–Trinajstić information content (AvgIpc) is 2.26. The van der Waals surface area contributed by atoms with Crippen molar-refractivity contribution in [2.24, 2.45) is 0 Å². The number of ether oxygens (including phenoxy) is 1. The molecule has 0 radical (unpaired) electrons. The Balaban J connectivity index is 2.54. The molecule has 16 heavy (non-hydrogen) atoms. The van der Waals surface area contributed by atoms with Crippen molar-refractivity contribution in [3.8, 4) is 5.75 Å². The number of benzene rings is 1. The second-order valence-corrected chi connectivity index (χ2v) is 4.95. The number of thioether (sulfide) groups is 1. The Hall–Kier alpha value is -0.380. The number of hydrogen-bond acceptors (Lipinski definition) is 3. The van der Waals surface area contributed by atoms with Crippen LogP contribution in [-0.2, 0) is 0 Å². The summed E-state index contributed by atoms with van der Waals surface area (Å²) in [6.45, 7) is 2.39. The lowest BCUT2D eigenvalue weighted by molar-refractivity contribution is 0.199. The molecule has 0 saturated carbocycles. The maximum Gasteiger partial charge on any atom is 0.137 e. The van der Waals surface area contributed by atoms with Crippen molar-refractivity contribution in [1.82, 2.24) is 0 Å². The topological polar surface area (TPSA) is 29.5 Å². The largest absolute Gasteiger partial charge is 0.492 e. The first-order chi connectivity index (χ1) is 7.65. The second-order valence-electron chi connectivity index (χ2n) is 3.56. The van der Waals surface area contributed by atoms with Crippen molar-refractivity contribution in [2.75, 3.05) is 18.6 Å². The van der Waals surface area contributed by atoms with E-state index in [1.807, 2.05) is 12.1 Å². The summed E-state index contributed by atoms with van der Waals surface area (Å²) in [5.41, 5.74) is 0.807. The van der Waals surface area contributed by atoms with Gasteiger partial charge in [0.15, 0.2) is 0 Å². The third kappa shape index (κ3) is 4.24. The van der Waals surface area contributed by atoms with Gasteiger partial charge in [-0.1, -0.05) is 17.7 Å². The maximum atomic E-state index is 9.38. The number of rotatable bonds is 6. The Labute approximate surface area is 106 Å². The van der Waals surface area contributed by atoms with Crippen LogP contribution in [0.4, 0.5) is 0 Å². The summed E-state index contributed by atoms with van der Waals surface area (Å²) in [6, 6.07) is 5.39. The first-order valence-electron chi connectivity index (χ1n) is 5.24. The normalized spacial score (nSPS) is 12.5. The highest BCUT2D eigenvalue weighted by atomic mass is 35.5. The standard InChI is InChI=1S/C12H17ClO2S/c1-9(14)10-4-5-12(11(13)8-10)15-6-3-7-16-2/h4-5,8-9,14H,3,6-7H2,1-2H3/t9-/m1/s1. The minimum absolute atomic E-state index is 0.497. The van der Waals surface area contributed by atoms with Gasteiger partial charge in [-0.2, -0.15) is 11.8 Å². The van der Waals surface area contributed by atoms with Gasteiger partial charge in [-0.15, -0.1) is 0 Å². The van der Waals surface area contributed by atoms with E-state index in [0.29, 0.717) is 17.4 Å². The van der Waals surface area contributed by atoms with Gasteiger partial charge in [0.2, 0.25) is 0 Å². The Morgan fingerprint density at radius 2 is 2.25 bits per heavy atom. The summed E-state index contributed by atoms with van der Waals surface area (Å²) in [6.07, 6.45) is 2.59. The number of aliphatic hydroxyl groups is 1. The first-order valence-corrected chi connectivity index (χ1v) is 7.01. The summed E-state index contributed by atoms with van der Waals surface area (Å²) in [4.78, 5) is 0. The molecule has 0 amide bonds. The molecule has 0 spiro atoms. The quantitative estimate of drug-likeness (QED) is 0.794. The Morgan fingerprint density at radius 1 is 1.50 bits per heavy atom. The Bertz CT molecular complexity index is 329. The molecule has 1 rings (SSSR count). The predicted octanol–water partition coefficient (Wildman–Crippen LogP) is 3.53. The molecule has 0 bridgehead atoms. The van der Waals surface area contributed by atoms with Crippen LogP contribution in [0.15, 0.2) is 18.2 Å². The van der Waals surface area contributed by atoms with Crippen molar-refractivity contribution in [3.63, 3.8) is 0 Å². The predicted molar refractivity (Wildman–Crippen MR) is 70.6 cm³/mol. The monoisotopic (exact) mass is 260 g/mol. The smallest absolute Gasteiger partial charge is 0.137 e. The van der Waals surface area contributed by atoms with Crippen LogP contribution in [-0.4, -0.2) is 23.7 Å². The van der Waals surface area contributed by atoms with Crippen molar-refractivity contribution < 1.29 is 9.84 Å². The van der Waals surface area contributed by atoms with Crippen LogP contribution in [0.3, 0.4) is 0 Å². The first kappa shape index (κ1) is 13.7. The summed E-state index contributed by atoms with van der Waals surface area (Å²) >= 11 is 7.85. The van der Waals surface area contributed by atoms with Gasteiger partial charge in [0.1, 0.15) is 5.75 Å². The van der Waals surface area contributed by atoms with Gasteiger partial charge < -0.3 is 9.84 Å². The van der Waals surface area contributed by atoms with E-state index < -0.39 is 6.10 Å². The van der Waals surface area contributed by atoms with E-state index in [1.54, 1.807) is 24.8 Å². The zero-order chi connectivity index (χ0) is 12.0. The SMILES string of the molecule is CSCCCOc1ccc([C@@H](C)O)cc1Cl. The molecule has 0 aliphatic carbocycles. The van der Waals surface area contributed by atoms with E-state index in [1.165, 1.54) is 0 Å². The van der Waals surface area contributed by atoms with E-state index in [9.17, 15) is 5.11 Å². The molecule has 1 atom stereocenters. The molecule has 0 aliphatic rings. The van der Waals surface area contributed by atoms with E-state index >= 15 is 0 Å². The van der Waals surface area contributed by atoms with Gasteiger partial charge in [-0.25, -0.2) is 0 Å². The zero-order valence-electron chi connectivity index (χ0n) is 9.57. The number of aliphatic hydroxyl groups excluding tert-OH is 1. The van der Waals surface area contributed by atoms with Crippen LogP contribution in [0.1, 0.15) is 25.0 Å². The molecular formula is C12H17ClO2S. The minimum atomic E-state index is -0.497. The van der Waals surface area contributed by atoms with Gasteiger partial charge in [0, 0.05) is 0 Å². The van der Waals surface area contributed by atoms with Crippen LogP contribution in [0.25, 0.3) is 0 Å². The highest BCUT2D eigenvalue weighted by Gasteiger charge is 2.06. The molecule has 2 nitrogen and oxygen atoms in total. The molecule has 1 N–H and O–H groups in total. The van der Waals surface area contributed by atoms with Crippen molar-refractivity contribution in [1.29, 1.82) is 0 Å². The fraction of sp³-hybridized carbons (Fsp3) is 0.500. The molecule has 90 valence electrons. The van der Waals surface area contributed by atoms with E-state index in [0.717, 1.165) is 17.7 Å². The summed E-state index contributed by atoms with van der Waals surface area (Å²) in [5, 5.41) is 9.94. The lowest BCUT2D eigenvalue weighted by atomic mass is 10.1. The van der Waals surface area contributed by atoms with Crippen molar-refractivity contribution >= 4 is 23.4 Å². The van der Waals surface area contributed by atoms with Gasteiger partial charge >= 0.3 is 0 Å². The fourth-order valence-electron chi connectivity index (χ4n) is 1.28. The third-order valence-electron chi connectivity index (χ3n) is 2.19. The van der Waals surface area contributed by atoms with Crippen LogP contribution in [0.2, 0.25) is 5.02 Å². The lowest BCUT2D eigenvalue weighted by Gasteiger charge is -2.10. The zero-order valence-corrected chi connectivity index (χ0v) is 11.1. The fourth-order valence-corrected chi connectivity index (χ4v) is 1.93. The molecule has 1 aromatic carbocycles. The summed E-state index contributed by atoms with van der Waals surface area (Å²) in [7, 11) is 0. The van der Waals surface area contributed by atoms with Crippen LogP contribution in [0.5, 0.6) is 5.75 Å². The molecule has 4 heteroatoms. The lowest BCUT2D eigenvalue weighted by Crippen LogP contribution is -2.00. The molecule has 0 heterocycles. The van der Waals surface area contributed by atoms with E-state index in [2.05, 4.69) is 6.26 Å². The maximum absolute atomic E-state index is 9.38. The molecule has 0 saturated heterocycles. The summed E-state index contributed by atoms with van der Waals surface area (Å²) < 4.78 is 5.55. The molecule has 0 unspecified atom stereocenters. The molecule has 1 aromatic rings. The highest BCUT2D eigenvalue weighted by Crippen LogP contribution is 2.27. The van der Waals surface area contributed by atoms with Crippen molar-refractivity contribution in [2.45, 2.75) is 19.4 Å². The average molecular weight is 261 g/mol. The minimum Gasteiger partial charge on any atom is -0.492 e. The summed E-state index contributed by atoms with van der Waals surface area (Å²) in [5.74, 6) is 1.77. The van der Waals surface area contributed by atoms with E-state index in [4.69, 9.17) is 16.3 Å². The highest BCUT2D eigenvalue weighted by molar-refractivity contribution is 7.98.